The molecule has 2 aliphatic heterocycles. The van der Waals surface area contributed by atoms with Crippen LogP contribution in [0.25, 0.3) is 0 Å². The molecule has 5 heteroatoms. The third-order valence-electron chi connectivity index (χ3n) is 3.10. The van der Waals surface area contributed by atoms with Crippen molar-refractivity contribution in [2.45, 2.75) is 57.1 Å². The predicted molar refractivity (Wildman–Crippen MR) is 60.2 cm³/mol. The number of hydrogen-bond donors (Lipinski definition) is 2. The monoisotopic (exact) mass is 244 g/mol. The molecule has 0 aromatic carbocycles. The van der Waals surface area contributed by atoms with Gasteiger partial charge in [0.1, 0.15) is 11.7 Å². The first kappa shape index (κ1) is 13.0. The van der Waals surface area contributed by atoms with Crippen molar-refractivity contribution in [3.05, 3.63) is 12.2 Å². The highest BCUT2D eigenvalue weighted by Crippen LogP contribution is 2.40. The van der Waals surface area contributed by atoms with Gasteiger partial charge in [0, 0.05) is 6.42 Å². The Morgan fingerprint density at radius 1 is 1.41 bits per heavy atom. The Morgan fingerprint density at radius 2 is 2.12 bits per heavy atom. The van der Waals surface area contributed by atoms with E-state index in [-0.39, 0.29) is 18.8 Å². The summed E-state index contributed by atoms with van der Waals surface area (Å²) in [5, 5.41) is 18.9. The fraction of sp³-hybridized carbons (Fsp3) is 0.833. The largest absolute Gasteiger partial charge is 0.392 e. The van der Waals surface area contributed by atoms with E-state index in [0.29, 0.717) is 6.42 Å². The van der Waals surface area contributed by atoms with Gasteiger partial charge >= 0.3 is 0 Å². The summed E-state index contributed by atoms with van der Waals surface area (Å²) in [6.07, 6.45) is 2.70. The van der Waals surface area contributed by atoms with Gasteiger partial charge in [-0.3, -0.25) is 0 Å². The maximum Gasteiger partial charge on any atom is 0.187 e. The zero-order chi connectivity index (χ0) is 12.7. The molecule has 17 heavy (non-hydrogen) atoms. The summed E-state index contributed by atoms with van der Waals surface area (Å²) in [7, 11) is 0. The van der Waals surface area contributed by atoms with Crippen molar-refractivity contribution in [2.24, 2.45) is 0 Å². The molecular weight excluding hydrogens is 224 g/mol. The second kappa shape index (κ2) is 4.33. The quantitative estimate of drug-likeness (QED) is 0.710. The number of ether oxygens (including phenoxy) is 3. The van der Waals surface area contributed by atoms with Gasteiger partial charge in [-0.05, 0) is 20.8 Å². The predicted octanol–water partition coefficient (Wildman–Crippen LogP) is 0.552. The molecule has 2 rings (SSSR count). The Kier molecular flexibility index (Phi) is 3.31. The minimum Gasteiger partial charge on any atom is -0.392 e. The summed E-state index contributed by atoms with van der Waals surface area (Å²) in [5.41, 5.74) is -1.12. The summed E-state index contributed by atoms with van der Waals surface area (Å²) in [5.74, 6) is -0.618. The first-order chi connectivity index (χ1) is 7.84. The molecule has 98 valence electrons. The maximum atomic E-state index is 10.2. The van der Waals surface area contributed by atoms with E-state index in [1.54, 1.807) is 13.0 Å². The van der Waals surface area contributed by atoms with Crippen LogP contribution in [0.3, 0.4) is 0 Å². The van der Waals surface area contributed by atoms with Crippen molar-refractivity contribution >= 4 is 0 Å². The van der Waals surface area contributed by atoms with Gasteiger partial charge in [-0.15, -0.1) is 0 Å². The van der Waals surface area contributed by atoms with Crippen molar-refractivity contribution in [3.8, 4) is 0 Å². The van der Waals surface area contributed by atoms with Crippen LogP contribution in [0.5, 0.6) is 0 Å². The van der Waals surface area contributed by atoms with Crippen molar-refractivity contribution in [1.29, 1.82) is 0 Å². The summed E-state index contributed by atoms with van der Waals surface area (Å²) in [4.78, 5) is 0. The Balaban J connectivity index is 1.99. The Bertz CT molecular complexity index is 294. The second-order valence-corrected chi connectivity index (χ2v) is 5.21. The molecule has 5 nitrogen and oxygen atoms in total. The molecule has 2 N–H and O–H groups in total. The molecule has 4 atom stereocenters. The molecule has 0 saturated carbocycles. The topological polar surface area (TPSA) is 68.2 Å². The molecule has 0 aromatic rings. The van der Waals surface area contributed by atoms with Crippen molar-refractivity contribution in [3.63, 3.8) is 0 Å². The molecule has 0 aromatic heterocycles. The average molecular weight is 244 g/mol. The van der Waals surface area contributed by atoms with Crippen LogP contribution in [0.1, 0.15) is 27.2 Å². The smallest absolute Gasteiger partial charge is 0.187 e. The maximum absolute atomic E-state index is 10.2. The number of aliphatic hydroxyl groups excluding tert-OH is 1. The molecule has 0 bridgehead atoms. The van der Waals surface area contributed by atoms with Crippen molar-refractivity contribution < 1.29 is 24.4 Å². The lowest BCUT2D eigenvalue weighted by atomic mass is 9.95. The minimum atomic E-state index is -1.12. The van der Waals surface area contributed by atoms with E-state index in [1.165, 1.54) is 6.08 Å². The van der Waals surface area contributed by atoms with Gasteiger partial charge in [-0.25, -0.2) is 0 Å². The van der Waals surface area contributed by atoms with E-state index in [9.17, 15) is 5.11 Å². The molecule has 0 unspecified atom stereocenters. The van der Waals surface area contributed by atoms with Crippen LogP contribution in [-0.2, 0) is 14.2 Å². The Hall–Kier alpha value is -0.460. The van der Waals surface area contributed by atoms with E-state index in [2.05, 4.69) is 0 Å². The minimum absolute atomic E-state index is 0.101. The summed E-state index contributed by atoms with van der Waals surface area (Å²) in [6.45, 7) is 5.23. The number of fused-ring (bicyclic) bond motifs is 1. The number of hydrogen-bond acceptors (Lipinski definition) is 5. The Morgan fingerprint density at radius 3 is 2.71 bits per heavy atom. The highest BCUT2D eigenvalue weighted by molar-refractivity contribution is 5.06. The Labute approximate surface area is 101 Å². The lowest BCUT2D eigenvalue weighted by Crippen LogP contribution is -2.39. The lowest BCUT2D eigenvalue weighted by molar-refractivity contribution is -0.219. The summed E-state index contributed by atoms with van der Waals surface area (Å²) in [6, 6.07) is 0. The first-order valence-electron chi connectivity index (χ1n) is 5.86. The summed E-state index contributed by atoms with van der Waals surface area (Å²) >= 11 is 0. The molecule has 2 aliphatic rings. The van der Waals surface area contributed by atoms with E-state index in [0.717, 1.165) is 0 Å². The van der Waals surface area contributed by atoms with E-state index < -0.39 is 17.7 Å². The van der Waals surface area contributed by atoms with E-state index in [1.807, 2.05) is 13.8 Å². The molecule has 0 amide bonds. The first-order valence-corrected chi connectivity index (χ1v) is 5.86. The fourth-order valence-corrected chi connectivity index (χ4v) is 2.28. The van der Waals surface area contributed by atoms with Gasteiger partial charge < -0.3 is 24.4 Å². The van der Waals surface area contributed by atoms with Gasteiger partial charge in [0.2, 0.25) is 0 Å². The van der Waals surface area contributed by atoms with Gasteiger partial charge in [0.05, 0.1) is 12.7 Å². The molecule has 0 radical (unpaired) electrons. The molecule has 2 saturated heterocycles. The van der Waals surface area contributed by atoms with Crippen LogP contribution < -0.4 is 0 Å². The van der Waals surface area contributed by atoms with Crippen LogP contribution in [0, 0.1) is 0 Å². The van der Waals surface area contributed by atoms with Crippen LogP contribution >= 0.6 is 0 Å². The van der Waals surface area contributed by atoms with Crippen LogP contribution in [-0.4, -0.2) is 46.7 Å². The van der Waals surface area contributed by atoms with E-state index >= 15 is 0 Å². The molecule has 2 heterocycles. The highest BCUT2D eigenvalue weighted by Gasteiger charge is 2.52. The molecular formula is C12H20O5. The summed E-state index contributed by atoms with van der Waals surface area (Å²) < 4.78 is 16.9. The van der Waals surface area contributed by atoms with Gasteiger partial charge in [-0.2, -0.15) is 0 Å². The van der Waals surface area contributed by atoms with Crippen LogP contribution in [0.4, 0.5) is 0 Å². The SMILES string of the molecule is CC1(C)O[C@H]2O[C@@H]([C@](C)(O)/C=C/CO)C[C@H]2O1. The standard InChI is InChI=1S/C12H20O5/c1-11(2)16-8-7-9(15-10(8)17-11)12(3,14)5-4-6-13/h4-5,8-10,13-14H,6-7H2,1-3H3/b5-4+/t8-,9-,10-,12-/m1/s1. The van der Waals surface area contributed by atoms with Crippen molar-refractivity contribution in [2.75, 3.05) is 6.61 Å². The highest BCUT2D eigenvalue weighted by atomic mass is 16.8. The fourth-order valence-electron chi connectivity index (χ4n) is 2.28. The third kappa shape index (κ3) is 2.69. The molecule has 2 fully saturated rings. The van der Waals surface area contributed by atoms with Gasteiger partial charge in [0.25, 0.3) is 0 Å². The van der Waals surface area contributed by atoms with Crippen LogP contribution in [0.2, 0.25) is 0 Å². The van der Waals surface area contributed by atoms with Crippen LogP contribution in [0.15, 0.2) is 12.2 Å². The molecule has 0 aliphatic carbocycles. The zero-order valence-corrected chi connectivity index (χ0v) is 10.4. The second-order valence-electron chi connectivity index (χ2n) is 5.21. The van der Waals surface area contributed by atoms with Crippen molar-refractivity contribution in [1.82, 2.24) is 0 Å². The number of aliphatic hydroxyl groups is 2. The molecule has 0 spiro atoms. The van der Waals surface area contributed by atoms with Gasteiger partial charge in [-0.1, -0.05) is 12.2 Å². The third-order valence-corrected chi connectivity index (χ3v) is 3.10. The lowest BCUT2D eigenvalue weighted by Gasteiger charge is -2.28. The zero-order valence-electron chi connectivity index (χ0n) is 10.4. The van der Waals surface area contributed by atoms with Gasteiger partial charge in [0.15, 0.2) is 12.1 Å². The average Bonchev–Trinajstić information content (AvgIpc) is 2.68. The normalized spacial score (nSPS) is 39.5. The van der Waals surface area contributed by atoms with E-state index in [4.69, 9.17) is 19.3 Å². The number of rotatable bonds is 3.